The van der Waals surface area contributed by atoms with Crippen molar-refractivity contribution >= 4 is 5.69 Å². The monoisotopic (exact) mass is 237 g/mol. The van der Waals surface area contributed by atoms with Gasteiger partial charge >= 0.3 is 0 Å². The summed E-state index contributed by atoms with van der Waals surface area (Å²) in [5.41, 5.74) is 1.09. The van der Waals surface area contributed by atoms with E-state index in [9.17, 15) is 5.11 Å². The first-order valence-corrected chi connectivity index (χ1v) is 5.80. The topological polar surface area (TPSA) is 50.7 Å². The Kier molecular flexibility index (Phi) is 3.43. The Morgan fingerprint density at radius 1 is 1.24 bits per heavy atom. The van der Waals surface area contributed by atoms with Crippen LogP contribution in [-0.2, 0) is 0 Å². The van der Waals surface area contributed by atoms with E-state index >= 15 is 0 Å². The third kappa shape index (κ3) is 2.64. The van der Waals surface area contributed by atoms with Crippen molar-refractivity contribution in [3.63, 3.8) is 0 Å². The molecule has 1 aliphatic rings. The minimum absolute atomic E-state index is 0.104. The van der Waals surface area contributed by atoms with Gasteiger partial charge < -0.3 is 19.9 Å². The smallest absolute Gasteiger partial charge is 0.162 e. The molecule has 1 aromatic rings. The predicted molar refractivity (Wildman–Crippen MR) is 66.8 cm³/mol. The molecule has 0 unspecified atom stereocenters. The molecule has 0 aliphatic heterocycles. The molecular weight excluding hydrogens is 218 g/mol. The fourth-order valence-corrected chi connectivity index (χ4v) is 1.80. The van der Waals surface area contributed by atoms with Crippen LogP contribution < -0.4 is 14.8 Å². The van der Waals surface area contributed by atoms with Crippen LogP contribution in [0.4, 0.5) is 5.69 Å². The van der Waals surface area contributed by atoms with Crippen LogP contribution in [0.2, 0.25) is 0 Å². The number of nitrogens with one attached hydrogen (secondary N) is 1. The molecule has 1 aromatic carbocycles. The number of rotatable bonds is 6. The van der Waals surface area contributed by atoms with Crippen LogP contribution in [0.15, 0.2) is 18.2 Å². The maximum absolute atomic E-state index is 9.23. The number of hydrogen-bond acceptors (Lipinski definition) is 4. The Labute approximate surface area is 102 Å². The van der Waals surface area contributed by atoms with E-state index in [0.717, 1.165) is 30.8 Å². The zero-order valence-electron chi connectivity index (χ0n) is 10.3. The Hall–Kier alpha value is -1.42. The fraction of sp³-hybridized carbons (Fsp3) is 0.538. The summed E-state index contributed by atoms with van der Waals surface area (Å²) in [5, 5.41) is 12.6. The number of hydrogen-bond donors (Lipinski definition) is 2. The lowest BCUT2D eigenvalue weighted by Gasteiger charge is -2.15. The number of benzene rings is 1. The highest BCUT2D eigenvalue weighted by molar-refractivity contribution is 5.54. The van der Waals surface area contributed by atoms with Gasteiger partial charge in [-0.05, 0) is 25.0 Å². The molecule has 0 saturated heterocycles. The van der Waals surface area contributed by atoms with E-state index in [4.69, 9.17) is 9.47 Å². The average Bonchev–Trinajstić information content (AvgIpc) is 3.16. The molecule has 2 N–H and O–H groups in total. The van der Waals surface area contributed by atoms with Crippen LogP contribution in [0.25, 0.3) is 0 Å². The summed E-state index contributed by atoms with van der Waals surface area (Å²) in [6.45, 7) is 1.06. The van der Waals surface area contributed by atoms with E-state index in [1.807, 2.05) is 18.2 Å². The van der Waals surface area contributed by atoms with Gasteiger partial charge in [0.1, 0.15) is 0 Å². The van der Waals surface area contributed by atoms with E-state index in [-0.39, 0.29) is 12.0 Å². The van der Waals surface area contributed by atoms with Crippen molar-refractivity contribution in [1.29, 1.82) is 0 Å². The van der Waals surface area contributed by atoms with Gasteiger partial charge in [0.05, 0.1) is 20.8 Å². The lowest BCUT2D eigenvalue weighted by Crippen LogP contribution is -2.18. The van der Waals surface area contributed by atoms with E-state index in [1.54, 1.807) is 14.2 Å². The molecular formula is C13H19NO3. The predicted octanol–water partition coefficient (Wildman–Crippen LogP) is 1.89. The molecule has 1 saturated carbocycles. The SMILES string of the molecule is COc1ccc(NCC2(CO)CC2)cc1OC. The van der Waals surface area contributed by atoms with E-state index in [1.165, 1.54) is 0 Å². The molecule has 4 heteroatoms. The number of aliphatic hydroxyl groups is 1. The number of anilines is 1. The summed E-state index contributed by atoms with van der Waals surface area (Å²) in [5.74, 6) is 1.44. The van der Waals surface area contributed by atoms with Crippen LogP contribution in [0.3, 0.4) is 0 Å². The third-order valence-electron chi connectivity index (χ3n) is 3.34. The lowest BCUT2D eigenvalue weighted by molar-refractivity contribution is 0.220. The summed E-state index contributed by atoms with van der Waals surface area (Å²) in [7, 11) is 3.24. The first kappa shape index (κ1) is 12.0. The molecule has 0 spiro atoms. The van der Waals surface area contributed by atoms with Crippen LogP contribution in [-0.4, -0.2) is 32.5 Å². The van der Waals surface area contributed by atoms with E-state index in [2.05, 4.69) is 5.32 Å². The zero-order valence-corrected chi connectivity index (χ0v) is 10.3. The van der Waals surface area contributed by atoms with Crippen LogP contribution in [0.1, 0.15) is 12.8 Å². The summed E-state index contributed by atoms with van der Waals surface area (Å²) in [6, 6.07) is 5.74. The second-order valence-electron chi connectivity index (χ2n) is 4.58. The van der Waals surface area contributed by atoms with Gasteiger partial charge in [-0.3, -0.25) is 0 Å². The minimum Gasteiger partial charge on any atom is -0.493 e. The van der Waals surface area contributed by atoms with E-state index in [0.29, 0.717) is 5.75 Å². The third-order valence-corrected chi connectivity index (χ3v) is 3.34. The number of methoxy groups -OCH3 is 2. The zero-order chi connectivity index (χ0) is 12.3. The quantitative estimate of drug-likeness (QED) is 0.793. The molecule has 2 rings (SSSR count). The van der Waals surface area contributed by atoms with Gasteiger partial charge in [-0.2, -0.15) is 0 Å². The molecule has 0 radical (unpaired) electrons. The molecule has 1 fully saturated rings. The average molecular weight is 237 g/mol. The van der Waals surface area contributed by atoms with Gasteiger partial charge in [-0.25, -0.2) is 0 Å². The second kappa shape index (κ2) is 4.84. The van der Waals surface area contributed by atoms with Crippen LogP contribution >= 0.6 is 0 Å². The maximum atomic E-state index is 9.23. The second-order valence-corrected chi connectivity index (χ2v) is 4.58. The highest BCUT2D eigenvalue weighted by atomic mass is 16.5. The van der Waals surface area contributed by atoms with Crippen LogP contribution in [0.5, 0.6) is 11.5 Å². The van der Waals surface area contributed by atoms with Gasteiger partial charge in [0.25, 0.3) is 0 Å². The minimum atomic E-state index is 0.104. The normalized spacial score (nSPS) is 16.4. The van der Waals surface area contributed by atoms with Gasteiger partial charge in [0, 0.05) is 23.7 Å². The molecule has 17 heavy (non-hydrogen) atoms. The maximum Gasteiger partial charge on any atom is 0.162 e. The molecule has 1 aliphatic carbocycles. The van der Waals surface area contributed by atoms with Crippen molar-refractivity contribution in [2.45, 2.75) is 12.8 Å². The Bertz CT molecular complexity index is 388. The van der Waals surface area contributed by atoms with Crippen molar-refractivity contribution < 1.29 is 14.6 Å². The summed E-state index contributed by atoms with van der Waals surface area (Å²) in [4.78, 5) is 0. The molecule has 0 heterocycles. The van der Waals surface area contributed by atoms with Crippen molar-refractivity contribution in [2.24, 2.45) is 5.41 Å². The lowest BCUT2D eigenvalue weighted by atomic mass is 10.1. The van der Waals surface area contributed by atoms with Gasteiger partial charge in [0.2, 0.25) is 0 Å². The number of ether oxygens (including phenoxy) is 2. The van der Waals surface area contributed by atoms with Gasteiger partial charge in [0.15, 0.2) is 11.5 Å². The Balaban J connectivity index is 2.01. The van der Waals surface area contributed by atoms with Gasteiger partial charge in [-0.1, -0.05) is 0 Å². The first-order valence-electron chi connectivity index (χ1n) is 5.80. The molecule has 94 valence electrons. The summed E-state index contributed by atoms with van der Waals surface area (Å²) in [6.07, 6.45) is 2.20. The van der Waals surface area contributed by atoms with Crippen molar-refractivity contribution in [1.82, 2.24) is 0 Å². The first-order chi connectivity index (χ1) is 8.23. The van der Waals surface area contributed by atoms with Crippen molar-refractivity contribution in [2.75, 3.05) is 32.7 Å². The molecule has 0 atom stereocenters. The molecule has 4 nitrogen and oxygen atoms in total. The number of aliphatic hydroxyl groups excluding tert-OH is 1. The molecule has 0 aromatic heterocycles. The van der Waals surface area contributed by atoms with Crippen molar-refractivity contribution in [3.8, 4) is 11.5 Å². The summed E-state index contributed by atoms with van der Waals surface area (Å²) >= 11 is 0. The van der Waals surface area contributed by atoms with Crippen LogP contribution in [0, 0.1) is 5.41 Å². The highest BCUT2D eigenvalue weighted by Gasteiger charge is 2.41. The standard InChI is InChI=1S/C13H19NO3/c1-16-11-4-3-10(7-12(11)17-2)14-8-13(9-15)5-6-13/h3-4,7,14-15H,5-6,8-9H2,1-2H3. The largest absolute Gasteiger partial charge is 0.493 e. The van der Waals surface area contributed by atoms with Crippen molar-refractivity contribution in [3.05, 3.63) is 18.2 Å². The molecule has 0 bridgehead atoms. The van der Waals surface area contributed by atoms with Gasteiger partial charge in [-0.15, -0.1) is 0 Å². The highest BCUT2D eigenvalue weighted by Crippen LogP contribution is 2.45. The Morgan fingerprint density at radius 3 is 2.47 bits per heavy atom. The van der Waals surface area contributed by atoms with E-state index < -0.39 is 0 Å². The molecule has 0 amide bonds. The fourth-order valence-electron chi connectivity index (χ4n) is 1.80. The Morgan fingerprint density at radius 2 is 1.94 bits per heavy atom. The summed E-state index contributed by atoms with van der Waals surface area (Å²) < 4.78 is 10.4.